The normalized spacial score (nSPS) is 16.9. The zero-order chi connectivity index (χ0) is 26.0. The lowest BCUT2D eigenvalue weighted by Crippen LogP contribution is -2.39. The molecule has 0 saturated carbocycles. The van der Waals surface area contributed by atoms with Crippen LogP contribution in [0.1, 0.15) is 78.7 Å². The number of nitrogens with zero attached hydrogens (tertiary/aromatic N) is 3. The molecule has 1 aliphatic rings. The van der Waals surface area contributed by atoms with Crippen molar-refractivity contribution in [3.63, 3.8) is 0 Å². The number of ether oxygens (including phenoxy) is 2. The van der Waals surface area contributed by atoms with E-state index in [0.29, 0.717) is 29.7 Å². The fourth-order valence-corrected chi connectivity index (χ4v) is 4.27. The number of carboxylic acid groups (broad SMARTS) is 1. The number of hydrogen-bond donors (Lipinski definition) is 1. The van der Waals surface area contributed by atoms with Crippen molar-refractivity contribution in [2.24, 2.45) is 11.3 Å². The minimum absolute atomic E-state index is 0.254. The molecule has 7 heteroatoms. The van der Waals surface area contributed by atoms with Crippen molar-refractivity contribution in [2.45, 2.75) is 79.9 Å². The summed E-state index contributed by atoms with van der Waals surface area (Å²) in [6, 6.07) is 3.83. The number of piperidine rings is 1. The number of aryl methyl sites for hydroxylation is 1. The average Bonchev–Trinajstić information content (AvgIpc) is 2.76. The van der Waals surface area contributed by atoms with Crippen LogP contribution < -0.4 is 9.64 Å². The molecular weight excluding hydrogens is 442 g/mol. The zero-order valence-electron chi connectivity index (χ0n) is 22.5. The van der Waals surface area contributed by atoms with Crippen molar-refractivity contribution in [3.8, 4) is 17.0 Å². The molecule has 2 aromatic heterocycles. The van der Waals surface area contributed by atoms with Gasteiger partial charge in [-0.15, -0.1) is 0 Å². The summed E-state index contributed by atoms with van der Waals surface area (Å²) in [5.41, 5.74) is 3.50. The molecule has 1 saturated heterocycles. The van der Waals surface area contributed by atoms with E-state index in [4.69, 9.17) is 9.47 Å². The fourth-order valence-electron chi connectivity index (χ4n) is 4.27. The highest BCUT2D eigenvalue weighted by molar-refractivity contribution is 5.86. The van der Waals surface area contributed by atoms with E-state index in [2.05, 4.69) is 42.6 Å². The second kappa shape index (κ2) is 10.5. The number of rotatable bonds is 8. The van der Waals surface area contributed by atoms with E-state index in [1.807, 2.05) is 46.0 Å². The monoisotopic (exact) mass is 483 g/mol. The van der Waals surface area contributed by atoms with E-state index in [1.165, 1.54) is 0 Å². The van der Waals surface area contributed by atoms with Crippen LogP contribution >= 0.6 is 0 Å². The Kier molecular flexibility index (Phi) is 8.10. The van der Waals surface area contributed by atoms with Gasteiger partial charge >= 0.3 is 5.97 Å². The van der Waals surface area contributed by atoms with E-state index < -0.39 is 17.7 Å². The molecule has 192 valence electrons. The van der Waals surface area contributed by atoms with Crippen molar-refractivity contribution in [1.29, 1.82) is 0 Å². The van der Waals surface area contributed by atoms with Crippen LogP contribution in [0.5, 0.6) is 5.88 Å². The third-order valence-corrected chi connectivity index (χ3v) is 6.29. The van der Waals surface area contributed by atoms with E-state index in [9.17, 15) is 9.90 Å². The fraction of sp³-hybridized carbons (Fsp3) is 0.607. The number of pyridine rings is 2. The Morgan fingerprint density at radius 3 is 2.31 bits per heavy atom. The molecule has 3 rings (SSSR count). The van der Waals surface area contributed by atoms with Gasteiger partial charge < -0.3 is 19.5 Å². The number of carbonyl (C=O) groups is 1. The number of aliphatic carboxylic acids is 1. The zero-order valence-corrected chi connectivity index (χ0v) is 22.5. The van der Waals surface area contributed by atoms with Gasteiger partial charge in [0, 0.05) is 53.9 Å². The van der Waals surface area contributed by atoms with E-state index in [0.717, 1.165) is 42.7 Å². The summed E-state index contributed by atoms with van der Waals surface area (Å²) in [4.78, 5) is 23.9. The molecule has 1 fully saturated rings. The second-order valence-electron chi connectivity index (χ2n) is 11.7. The number of carboxylic acids is 1. The van der Waals surface area contributed by atoms with Gasteiger partial charge in [-0.1, -0.05) is 27.7 Å². The summed E-state index contributed by atoms with van der Waals surface area (Å²) in [6.07, 6.45) is 4.52. The van der Waals surface area contributed by atoms with Gasteiger partial charge in [0.05, 0.1) is 17.9 Å². The van der Waals surface area contributed by atoms with Crippen molar-refractivity contribution in [2.75, 3.05) is 24.6 Å². The van der Waals surface area contributed by atoms with Gasteiger partial charge in [-0.05, 0) is 57.9 Å². The Hall–Kier alpha value is -2.67. The molecule has 0 aromatic carbocycles. The van der Waals surface area contributed by atoms with Crippen molar-refractivity contribution < 1.29 is 19.4 Å². The average molecular weight is 484 g/mol. The Bertz CT molecular complexity index is 1020. The van der Waals surface area contributed by atoms with Crippen LogP contribution in [0.2, 0.25) is 0 Å². The first kappa shape index (κ1) is 26.9. The lowest BCUT2D eigenvalue weighted by molar-refractivity contribution is -0.160. The smallest absolute Gasteiger partial charge is 0.337 e. The van der Waals surface area contributed by atoms with Crippen LogP contribution in [0.3, 0.4) is 0 Å². The molecule has 0 amide bonds. The molecule has 0 aliphatic carbocycles. The van der Waals surface area contributed by atoms with Crippen LogP contribution in [0.4, 0.5) is 5.69 Å². The van der Waals surface area contributed by atoms with Gasteiger partial charge in [0.2, 0.25) is 5.88 Å². The quantitative estimate of drug-likeness (QED) is 0.489. The topological polar surface area (TPSA) is 84.8 Å². The maximum Gasteiger partial charge on any atom is 0.337 e. The number of hydrogen-bond acceptors (Lipinski definition) is 6. The lowest BCUT2D eigenvalue weighted by atomic mass is 9.82. The highest BCUT2D eigenvalue weighted by Gasteiger charge is 2.35. The van der Waals surface area contributed by atoms with Gasteiger partial charge in [0.1, 0.15) is 0 Å². The molecule has 0 bridgehead atoms. The minimum Gasteiger partial charge on any atom is -0.479 e. The van der Waals surface area contributed by atoms with Crippen LogP contribution in [0.25, 0.3) is 11.1 Å². The summed E-state index contributed by atoms with van der Waals surface area (Å²) >= 11 is 0. The Labute approximate surface area is 209 Å². The largest absolute Gasteiger partial charge is 0.479 e. The predicted octanol–water partition coefficient (Wildman–Crippen LogP) is 6.05. The highest BCUT2D eigenvalue weighted by atomic mass is 16.5. The first-order valence-corrected chi connectivity index (χ1v) is 12.5. The summed E-state index contributed by atoms with van der Waals surface area (Å²) in [7, 11) is 0. The number of anilines is 1. The Morgan fingerprint density at radius 2 is 1.80 bits per heavy atom. The van der Waals surface area contributed by atoms with E-state index in [1.54, 1.807) is 6.20 Å². The summed E-state index contributed by atoms with van der Waals surface area (Å²) in [6.45, 7) is 18.5. The molecular formula is C28H41N3O4. The maximum absolute atomic E-state index is 12.5. The Morgan fingerprint density at radius 1 is 1.14 bits per heavy atom. The molecule has 0 radical (unpaired) electrons. The van der Waals surface area contributed by atoms with Crippen LogP contribution in [-0.2, 0) is 9.53 Å². The molecule has 1 atom stereocenters. The van der Waals surface area contributed by atoms with Gasteiger partial charge in [-0.2, -0.15) is 0 Å². The molecule has 2 aromatic rings. The lowest BCUT2D eigenvalue weighted by Gasteiger charge is -2.40. The van der Waals surface area contributed by atoms with E-state index >= 15 is 0 Å². The maximum atomic E-state index is 12.5. The third-order valence-electron chi connectivity index (χ3n) is 6.29. The van der Waals surface area contributed by atoms with Gasteiger partial charge in [-0.25, -0.2) is 9.78 Å². The SMILES string of the molecule is Cc1ncc(-c2ccc(OCC(C)C)nc2)c(N2CCC(C)(C)CC2)c1C(OC(C)(C)C)C(=O)O. The molecule has 1 aliphatic heterocycles. The Balaban J connectivity index is 2.13. The first-order chi connectivity index (χ1) is 16.3. The molecule has 7 nitrogen and oxygen atoms in total. The minimum atomic E-state index is -1.13. The predicted molar refractivity (Wildman–Crippen MR) is 139 cm³/mol. The summed E-state index contributed by atoms with van der Waals surface area (Å²) in [5.74, 6) is -0.0364. The van der Waals surface area contributed by atoms with Gasteiger partial charge in [0.25, 0.3) is 0 Å². The molecule has 35 heavy (non-hydrogen) atoms. The van der Waals surface area contributed by atoms with Crippen molar-refractivity contribution in [3.05, 3.63) is 35.8 Å². The molecule has 1 N–H and O–H groups in total. The highest BCUT2D eigenvalue weighted by Crippen LogP contribution is 2.43. The summed E-state index contributed by atoms with van der Waals surface area (Å²) < 4.78 is 11.9. The van der Waals surface area contributed by atoms with Gasteiger partial charge in [-0.3, -0.25) is 4.98 Å². The molecule has 1 unspecified atom stereocenters. The van der Waals surface area contributed by atoms with E-state index in [-0.39, 0.29) is 5.41 Å². The summed E-state index contributed by atoms with van der Waals surface area (Å²) in [5, 5.41) is 10.2. The molecule has 0 spiro atoms. The number of aromatic nitrogens is 2. The van der Waals surface area contributed by atoms with Crippen molar-refractivity contribution >= 4 is 11.7 Å². The second-order valence-corrected chi connectivity index (χ2v) is 11.7. The first-order valence-electron chi connectivity index (χ1n) is 12.5. The van der Waals surface area contributed by atoms with Crippen molar-refractivity contribution in [1.82, 2.24) is 9.97 Å². The van der Waals surface area contributed by atoms with Crippen LogP contribution in [0, 0.1) is 18.3 Å². The molecule has 3 heterocycles. The third kappa shape index (κ3) is 6.94. The van der Waals surface area contributed by atoms with Gasteiger partial charge in [0.15, 0.2) is 6.10 Å². The van der Waals surface area contributed by atoms with Crippen LogP contribution in [0.15, 0.2) is 24.5 Å². The van der Waals surface area contributed by atoms with Crippen LogP contribution in [-0.4, -0.2) is 46.3 Å². The standard InChI is InChI=1S/C28H41N3O4/c1-18(2)17-34-22-10-9-20(15-30-22)21-16-29-19(3)23(25(26(32)33)35-27(4,5)6)24(21)31-13-11-28(7,8)12-14-31/h9-10,15-16,18,25H,11-14,17H2,1-8H3,(H,32,33).